The van der Waals surface area contributed by atoms with Crippen LogP contribution in [0.4, 0.5) is 0 Å². The third kappa shape index (κ3) is 3.32. The largest absolute Gasteiger partial charge is 0.480 e. The maximum absolute atomic E-state index is 11.4. The van der Waals surface area contributed by atoms with E-state index in [1.54, 1.807) is 22.2 Å². The molecule has 3 aromatic rings. The Morgan fingerprint density at radius 2 is 2.36 bits per heavy atom. The van der Waals surface area contributed by atoms with E-state index in [2.05, 4.69) is 15.4 Å². The number of aryl methyl sites for hydroxylation is 1. The maximum atomic E-state index is 11.4. The maximum Gasteiger partial charge on any atom is 0.322 e. The second-order valence-electron chi connectivity index (χ2n) is 5.17. The lowest BCUT2D eigenvalue weighted by molar-refractivity contribution is -0.140. The average Bonchev–Trinajstić information content (AvgIpc) is 3.11. The van der Waals surface area contributed by atoms with E-state index in [1.807, 2.05) is 36.8 Å². The summed E-state index contributed by atoms with van der Waals surface area (Å²) in [6.07, 6.45) is 3.55. The molecule has 0 saturated carbocycles. The van der Waals surface area contributed by atoms with Crippen LogP contribution in [0.15, 0.2) is 36.1 Å². The fourth-order valence-electron chi connectivity index (χ4n) is 2.24. The Kier molecular flexibility index (Phi) is 4.17. The first kappa shape index (κ1) is 14.7. The van der Waals surface area contributed by atoms with Crippen LogP contribution in [0.1, 0.15) is 11.1 Å². The number of carbonyl (C=O) groups is 1. The monoisotopic (exact) mass is 316 g/mol. The minimum atomic E-state index is -0.886. The second kappa shape index (κ2) is 6.25. The van der Waals surface area contributed by atoms with E-state index in [-0.39, 0.29) is 0 Å². The zero-order chi connectivity index (χ0) is 15.5. The molecule has 0 aliphatic heterocycles. The van der Waals surface area contributed by atoms with Crippen molar-refractivity contribution in [3.05, 3.63) is 47.2 Å². The molecular formula is C15H16N4O2S. The molecule has 0 bridgehead atoms. The fraction of sp³-hybridized carbons (Fsp3) is 0.267. The number of hydrogen-bond donors (Lipinski definition) is 2. The molecule has 2 aromatic heterocycles. The fourth-order valence-corrected chi connectivity index (χ4v) is 2.90. The van der Waals surface area contributed by atoms with Gasteiger partial charge in [0.1, 0.15) is 6.04 Å². The quantitative estimate of drug-likeness (QED) is 0.727. The second-order valence-corrected chi connectivity index (χ2v) is 6.05. The molecule has 7 heteroatoms. The molecule has 3 rings (SSSR count). The SMILES string of the molecule is Cc1cnn(CC(NCc2ccc3scnc3c2)C(=O)O)c1. The van der Waals surface area contributed by atoms with E-state index in [4.69, 9.17) is 0 Å². The molecule has 114 valence electrons. The molecule has 0 fully saturated rings. The summed E-state index contributed by atoms with van der Waals surface area (Å²) in [6.45, 7) is 2.70. The zero-order valence-electron chi connectivity index (χ0n) is 12.1. The Hall–Kier alpha value is -2.25. The molecule has 0 aliphatic carbocycles. The molecule has 1 unspecified atom stereocenters. The highest BCUT2D eigenvalue weighted by atomic mass is 32.1. The molecular weight excluding hydrogens is 300 g/mol. The predicted molar refractivity (Wildman–Crippen MR) is 84.8 cm³/mol. The third-order valence-electron chi connectivity index (χ3n) is 3.38. The molecule has 0 aliphatic rings. The molecule has 0 spiro atoms. The number of nitrogens with one attached hydrogen (secondary N) is 1. The van der Waals surface area contributed by atoms with Crippen LogP contribution in [0, 0.1) is 6.92 Å². The number of benzene rings is 1. The van der Waals surface area contributed by atoms with Gasteiger partial charge < -0.3 is 5.11 Å². The van der Waals surface area contributed by atoms with E-state index >= 15 is 0 Å². The van der Waals surface area contributed by atoms with Crippen molar-refractivity contribution in [2.75, 3.05) is 0 Å². The normalized spacial score (nSPS) is 12.6. The number of thiazole rings is 1. The van der Waals surface area contributed by atoms with Gasteiger partial charge in [-0.3, -0.25) is 14.8 Å². The Morgan fingerprint density at radius 1 is 1.50 bits per heavy atom. The molecule has 22 heavy (non-hydrogen) atoms. The average molecular weight is 316 g/mol. The smallest absolute Gasteiger partial charge is 0.322 e. The standard InChI is InChI=1S/C15H16N4O2S/c1-10-5-18-19(7-10)8-13(15(20)21)16-6-11-2-3-14-12(4-11)17-9-22-14/h2-5,7,9,13,16H,6,8H2,1H3,(H,20,21). The van der Waals surface area contributed by atoms with Gasteiger partial charge in [-0.15, -0.1) is 11.3 Å². The first-order valence-corrected chi connectivity index (χ1v) is 7.77. The van der Waals surface area contributed by atoms with Crippen LogP contribution in [-0.4, -0.2) is 31.9 Å². The number of nitrogens with zero attached hydrogens (tertiary/aromatic N) is 3. The Morgan fingerprint density at radius 3 is 3.09 bits per heavy atom. The van der Waals surface area contributed by atoms with Crippen LogP contribution in [0.5, 0.6) is 0 Å². The van der Waals surface area contributed by atoms with Crippen LogP contribution < -0.4 is 5.32 Å². The minimum Gasteiger partial charge on any atom is -0.480 e. The number of fused-ring (bicyclic) bond motifs is 1. The van der Waals surface area contributed by atoms with Crippen molar-refractivity contribution in [1.82, 2.24) is 20.1 Å². The van der Waals surface area contributed by atoms with Gasteiger partial charge in [-0.1, -0.05) is 6.07 Å². The van der Waals surface area contributed by atoms with Crippen LogP contribution in [-0.2, 0) is 17.9 Å². The summed E-state index contributed by atoms with van der Waals surface area (Å²) in [5.41, 5.74) is 4.78. The topological polar surface area (TPSA) is 80.0 Å². The van der Waals surface area contributed by atoms with Gasteiger partial charge in [-0.25, -0.2) is 4.98 Å². The van der Waals surface area contributed by atoms with Crippen LogP contribution in [0.25, 0.3) is 10.2 Å². The number of aromatic nitrogens is 3. The lowest BCUT2D eigenvalue weighted by atomic mass is 10.2. The van der Waals surface area contributed by atoms with Crippen molar-refractivity contribution in [2.24, 2.45) is 0 Å². The first-order chi connectivity index (χ1) is 10.6. The number of hydrogen-bond acceptors (Lipinski definition) is 5. The number of rotatable bonds is 6. The molecule has 0 saturated heterocycles. The molecule has 0 amide bonds. The summed E-state index contributed by atoms with van der Waals surface area (Å²) in [4.78, 5) is 15.7. The van der Waals surface area contributed by atoms with Crippen molar-refractivity contribution < 1.29 is 9.90 Å². The predicted octanol–water partition coefficient (Wildman–Crippen LogP) is 2.04. The highest BCUT2D eigenvalue weighted by Crippen LogP contribution is 2.18. The Bertz CT molecular complexity index is 796. The Balaban J connectivity index is 1.67. The van der Waals surface area contributed by atoms with E-state index < -0.39 is 12.0 Å². The Labute approximate surface area is 131 Å². The van der Waals surface area contributed by atoms with E-state index in [1.165, 1.54) is 0 Å². The third-order valence-corrected chi connectivity index (χ3v) is 4.19. The summed E-state index contributed by atoms with van der Waals surface area (Å²) in [7, 11) is 0. The zero-order valence-corrected chi connectivity index (χ0v) is 12.9. The highest BCUT2D eigenvalue weighted by Gasteiger charge is 2.17. The van der Waals surface area contributed by atoms with Crippen LogP contribution in [0.2, 0.25) is 0 Å². The molecule has 6 nitrogen and oxygen atoms in total. The lowest BCUT2D eigenvalue weighted by Gasteiger charge is -2.14. The van der Waals surface area contributed by atoms with E-state index in [9.17, 15) is 9.90 Å². The van der Waals surface area contributed by atoms with Crippen LogP contribution >= 0.6 is 11.3 Å². The van der Waals surface area contributed by atoms with Crippen molar-refractivity contribution in [3.8, 4) is 0 Å². The molecule has 1 atom stereocenters. The van der Waals surface area contributed by atoms with Gasteiger partial charge in [0, 0.05) is 12.7 Å². The summed E-state index contributed by atoms with van der Waals surface area (Å²) in [6, 6.07) is 5.29. The van der Waals surface area contributed by atoms with Gasteiger partial charge >= 0.3 is 5.97 Å². The van der Waals surface area contributed by atoms with E-state index in [0.29, 0.717) is 13.1 Å². The summed E-state index contributed by atoms with van der Waals surface area (Å²) < 4.78 is 2.77. The summed E-state index contributed by atoms with van der Waals surface area (Å²) >= 11 is 1.59. The molecule has 2 N–H and O–H groups in total. The molecule has 1 aromatic carbocycles. The van der Waals surface area contributed by atoms with Crippen LogP contribution in [0.3, 0.4) is 0 Å². The van der Waals surface area contributed by atoms with Gasteiger partial charge in [0.15, 0.2) is 0 Å². The minimum absolute atomic E-state index is 0.294. The van der Waals surface area contributed by atoms with Gasteiger partial charge in [0.05, 0.1) is 28.5 Å². The number of aliphatic carboxylic acids is 1. The van der Waals surface area contributed by atoms with Gasteiger partial charge in [-0.2, -0.15) is 5.10 Å². The number of carboxylic acid groups (broad SMARTS) is 1. The molecule has 0 radical (unpaired) electrons. The first-order valence-electron chi connectivity index (χ1n) is 6.89. The van der Waals surface area contributed by atoms with Crippen molar-refractivity contribution in [3.63, 3.8) is 0 Å². The van der Waals surface area contributed by atoms with Gasteiger partial charge in [-0.05, 0) is 30.2 Å². The van der Waals surface area contributed by atoms with Gasteiger partial charge in [0.25, 0.3) is 0 Å². The highest BCUT2D eigenvalue weighted by molar-refractivity contribution is 7.16. The van der Waals surface area contributed by atoms with Crippen molar-refractivity contribution >= 4 is 27.5 Å². The van der Waals surface area contributed by atoms with E-state index in [0.717, 1.165) is 21.3 Å². The van der Waals surface area contributed by atoms with Crippen molar-refractivity contribution in [1.29, 1.82) is 0 Å². The lowest BCUT2D eigenvalue weighted by Crippen LogP contribution is -2.39. The summed E-state index contributed by atoms with van der Waals surface area (Å²) in [5.74, 6) is -0.886. The molecule has 2 heterocycles. The van der Waals surface area contributed by atoms with Gasteiger partial charge in [0.2, 0.25) is 0 Å². The van der Waals surface area contributed by atoms with Crippen molar-refractivity contribution in [2.45, 2.75) is 26.1 Å². The number of carboxylic acids is 1. The summed E-state index contributed by atoms with van der Waals surface area (Å²) in [5, 5.41) is 16.5.